The molecule has 0 unspecified atom stereocenters. The van der Waals surface area contributed by atoms with Gasteiger partial charge in [0.05, 0.1) is 29.0 Å². The minimum atomic E-state index is 0.294. The molecule has 1 aliphatic rings. The molecule has 1 saturated heterocycles. The molecule has 26 heavy (non-hydrogen) atoms. The molecule has 2 aromatic heterocycles. The predicted octanol–water partition coefficient (Wildman–Crippen LogP) is 2.18. The van der Waals surface area contributed by atoms with E-state index in [1.54, 1.807) is 13.3 Å². The monoisotopic (exact) mass is 354 g/mol. The van der Waals surface area contributed by atoms with Crippen LogP contribution in [0.3, 0.4) is 0 Å². The molecule has 0 atom stereocenters. The van der Waals surface area contributed by atoms with Gasteiger partial charge in [-0.05, 0) is 42.0 Å². The summed E-state index contributed by atoms with van der Waals surface area (Å²) in [7, 11) is 1.74. The lowest BCUT2D eigenvalue weighted by molar-refractivity contribution is 0.0787. The molecule has 0 amide bonds. The average molecular weight is 354 g/mol. The van der Waals surface area contributed by atoms with Gasteiger partial charge in [-0.1, -0.05) is 13.8 Å². The van der Waals surface area contributed by atoms with Gasteiger partial charge in [0.2, 0.25) is 0 Å². The van der Waals surface area contributed by atoms with Gasteiger partial charge in [-0.2, -0.15) is 0 Å². The highest BCUT2D eigenvalue weighted by Gasteiger charge is 2.26. The van der Waals surface area contributed by atoms with E-state index in [2.05, 4.69) is 34.0 Å². The Morgan fingerprint density at radius 2 is 2.12 bits per heavy atom. The molecule has 7 nitrogen and oxygen atoms in total. The average Bonchev–Trinajstić information content (AvgIpc) is 2.58. The number of hydrogen-bond donors (Lipinski definition) is 3. The maximum Gasteiger partial charge on any atom is 0.132 e. The van der Waals surface area contributed by atoms with Crippen molar-refractivity contribution in [2.45, 2.75) is 20.0 Å². The molecule has 1 fully saturated rings. The van der Waals surface area contributed by atoms with Crippen LogP contribution in [0.4, 0.5) is 11.5 Å². The number of nitrogens with one attached hydrogen (secondary N) is 1. The van der Waals surface area contributed by atoms with E-state index in [9.17, 15) is 0 Å². The zero-order valence-corrected chi connectivity index (χ0v) is 15.4. The number of fused-ring (bicyclic) bond motifs is 1. The molecule has 138 valence electrons. The lowest BCUT2D eigenvalue weighted by atomic mass is 10.0. The van der Waals surface area contributed by atoms with Gasteiger partial charge in [0.1, 0.15) is 11.6 Å². The number of hydrogen-bond acceptors (Lipinski definition) is 7. The number of anilines is 2. The third-order valence-corrected chi connectivity index (χ3v) is 4.52. The number of pyridine rings is 2. The van der Waals surface area contributed by atoms with Crippen molar-refractivity contribution >= 4 is 22.5 Å². The van der Waals surface area contributed by atoms with Crippen LogP contribution in [-0.2, 0) is 4.74 Å². The number of nitrogens with zero attached hydrogens (tertiary/aromatic N) is 3. The van der Waals surface area contributed by atoms with Gasteiger partial charge in [0, 0.05) is 20.2 Å². The number of nitrogens with two attached hydrogens (primary N) is 2. The largest absolute Gasteiger partial charge is 0.404 e. The highest BCUT2D eigenvalue weighted by molar-refractivity contribution is 5.80. The molecule has 5 N–H and O–H groups in total. The second-order valence-corrected chi connectivity index (χ2v) is 6.74. The van der Waals surface area contributed by atoms with E-state index in [1.807, 2.05) is 30.5 Å². The molecule has 0 saturated carbocycles. The fourth-order valence-electron chi connectivity index (χ4n) is 2.81. The molecule has 1 aliphatic heterocycles. The van der Waals surface area contributed by atoms with Crippen LogP contribution in [0.5, 0.6) is 0 Å². The predicted molar refractivity (Wildman–Crippen MR) is 106 cm³/mol. The summed E-state index contributed by atoms with van der Waals surface area (Å²) in [5.74, 6) is 1.46. The van der Waals surface area contributed by atoms with Crippen molar-refractivity contribution in [3.05, 3.63) is 48.1 Å². The Balaban J connectivity index is 1.78. The molecule has 0 aliphatic carbocycles. The maximum atomic E-state index is 6.08. The smallest absolute Gasteiger partial charge is 0.132 e. The van der Waals surface area contributed by atoms with Gasteiger partial charge in [-0.3, -0.25) is 4.98 Å². The van der Waals surface area contributed by atoms with E-state index in [-0.39, 0.29) is 0 Å². The first-order valence-electron chi connectivity index (χ1n) is 8.70. The van der Waals surface area contributed by atoms with Crippen molar-refractivity contribution in [3.8, 4) is 0 Å². The van der Waals surface area contributed by atoms with Crippen LogP contribution >= 0.6 is 0 Å². The fraction of sp³-hybridized carbons (Fsp3) is 0.368. The summed E-state index contributed by atoms with van der Waals surface area (Å²) in [4.78, 5) is 11.3. The summed E-state index contributed by atoms with van der Waals surface area (Å²) < 4.78 is 5.32. The van der Waals surface area contributed by atoms with E-state index in [0.29, 0.717) is 23.7 Å². The highest BCUT2D eigenvalue weighted by atomic mass is 16.5. The third-order valence-electron chi connectivity index (χ3n) is 4.52. The molecule has 7 heteroatoms. The van der Waals surface area contributed by atoms with Crippen molar-refractivity contribution in [1.82, 2.24) is 9.97 Å². The Bertz CT molecular complexity index is 839. The first kappa shape index (κ1) is 18.0. The summed E-state index contributed by atoms with van der Waals surface area (Å²) >= 11 is 0. The van der Waals surface area contributed by atoms with Gasteiger partial charge in [0.15, 0.2) is 0 Å². The fourth-order valence-corrected chi connectivity index (χ4v) is 2.81. The molecule has 0 aromatic carbocycles. The number of ether oxygens (including phenoxy) is 1. The second kappa shape index (κ2) is 7.61. The topological polar surface area (TPSA) is 102 Å². The Hall–Kier alpha value is -2.80. The summed E-state index contributed by atoms with van der Waals surface area (Å²) in [6.07, 6.45) is 5.57. The SMILES string of the molecule is COC1CN(c2cnc3ccc(N/C(N)=C/C(=C\N)C(C)C)nc3c2)C1. The molecule has 3 rings (SSSR count). The van der Waals surface area contributed by atoms with Crippen molar-refractivity contribution in [2.75, 3.05) is 30.4 Å². The third kappa shape index (κ3) is 3.88. The van der Waals surface area contributed by atoms with E-state index >= 15 is 0 Å². The van der Waals surface area contributed by atoms with E-state index in [1.165, 1.54) is 0 Å². The van der Waals surface area contributed by atoms with E-state index in [0.717, 1.165) is 35.4 Å². The minimum Gasteiger partial charge on any atom is -0.404 e. The standard InChI is InChI=1S/C19H26N6O/c1-12(2)13(8-20)6-18(21)24-19-5-4-16-17(23-19)7-14(9-22-16)25-10-15(11-25)26-3/h4-9,12,15H,10-11,20-21H2,1-3H3,(H,23,24)/b13-8+,18-6+. The Morgan fingerprint density at radius 1 is 1.35 bits per heavy atom. The van der Waals surface area contributed by atoms with Crippen LogP contribution < -0.4 is 21.7 Å². The van der Waals surface area contributed by atoms with Crippen LogP contribution in [0.25, 0.3) is 11.0 Å². The Labute approximate surface area is 153 Å². The van der Waals surface area contributed by atoms with Gasteiger partial charge < -0.3 is 26.4 Å². The minimum absolute atomic E-state index is 0.294. The summed E-state index contributed by atoms with van der Waals surface area (Å²) in [6, 6.07) is 5.83. The quantitative estimate of drug-likeness (QED) is 0.683. The van der Waals surface area contributed by atoms with E-state index in [4.69, 9.17) is 16.2 Å². The van der Waals surface area contributed by atoms with E-state index < -0.39 is 0 Å². The van der Waals surface area contributed by atoms with Crippen molar-refractivity contribution in [3.63, 3.8) is 0 Å². The van der Waals surface area contributed by atoms with Crippen LogP contribution in [0.2, 0.25) is 0 Å². The number of methoxy groups -OCH3 is 1. The molecular formula is C19H26N6O. The van der Waals surface area contributed by atoms with Gasteiger partial charge in [-0.25, -0.2) is 4.98 Å². The summed E-state index contributed by atoms with van der Waals surface area (Å²) in [5.41, 5.74) is 15.4. The Kier molecular flexibility index (Phi) is 5.27. The zero-order chi connectivity index (χ0) is 18.7. The van der Waals surface area contributed by atoms with Gasteiger partial charge in [0.25, 0.3) is 0 Å². The molecule has 0 radical (unpaired) electrons. The van der Waals surface area contributed by atoms with Crippen molar-refractivity contribution in [2.24, 2.45) is 17.4 Å². The molecule has 0 spiro atoms. The lowest BCUT2D eigenvalue weighted by Gasteiger charge is -2.39. The van der Waals surface area contributed by atoms with Crippen LogP contribution in [0.15, 0.2) is 48.1 Å². The van der Waals surface area contributed by atoms with Crippen molar-refractivity contribution < 1.29 is 4.74 Å². The van der Waals surface area contributed by atoms with Crippen LogP contribution in [-0.4, -0.2) is 36.3 Å². The number of allylic oxidation sites excluding steroid dienone is 2. The van der Waals surface area contributed by atoms with Crippen LogP contribution in [0, 0.1) is 5.92 Å². The van der Waals surface area contributed by atoms with Crippen molar-refractivity contribution in [1.29, 1.82) is 0 Å². The molecule has 3 heterocycles. The first-order chi connectivity index (χ1) is 12.5. The molecular weight excluding hydrogens is 328 g/mol. The van der Waals surface area contributed by atoms with Crippen LogP contribution in [0.1, 0.15) is 13.8 Å². The Morgan fingerprint density at radius 3 is 2.77 bits per heavy atom. The zero-order valence-electron chi connectivity index (χ0n) is 15.4. The molecule has 2 aromatic rings. The second-order valence-electron chi connectivity index (χ2n) is 6.74. The maximum absolute atomic E-state index is 6.08. The summed E-state index contributed by atoms with van der Waals surface area (Å²) in [6.45, 7) is 5.88. The first-order valence-corrected chi connectivity index (χ1v) is 8.70. The van der Waals surface area contributed by atoms with Gasteiger partial charge >= 0.3 is 0 Å². The number of rotatable bonds is 6. The molecule has 0 bridgehead atoms. The van der Waals surface area contributed by atoms with Gasteiger partial charge in [-0.15, -0.1) is 0 Å². The number of aromatic nitrogens is 2. The highest BCUT2D eigenvalue weighted by Crippen LogP contribution is 2.25. The summed E-state index contributed by atoms with van der Waals surface area (Å²) in [5, 5.41) is 3.12. The lowest BCUT2D eigenvalue weighted by Crippen LogP contribution is -2.51. The normalized spacial score (nSPS) is 16.2.